The molecule has 1 N–H and O–H groups in total. The van der Waals surface area contributed by atoms with Gasteiger partial charge in [-0.05, 0) is 18.6 Å². The van der Waals surface area contributed by atoms with Gasteiger partial charge in [0.2, 0.25) is 0 Å². The highest BCUT2D eigenvalue weighted by Crippen LogP contribution is 2.08. The van der Waals surface area contributed by atoms with Crippen molar-refractivity contribution < 1.29 is 0 Å². The highest BCUT2D eigenvalue weighted by Gasteiger charge is 2.02. The van der Waals surface area contributed by atoms with E-state index in [-0.39, 0.29) is 5.69 Å². The third-order valence-corrected chi connectivity index (χ3v) is 1.90. The number of aromatic nitrogens is 3. The van der Waals surface area contributed by atoms with Gasteiger partial charge in [-0.3, -0.25) is 4.98 Å². The van der Waals surface area contributed by atoms with E-state index in [0.717, 1.165) is 11.3 Å². The lowest BCUT2D eigenvalue weighted by Crippen LogP contribution is -2.16. The quantitative estimate of drug-likeness (QED) is 0.699. The molecule has 0 unspecified atom stereocenters. The molecule has 4 nitrogen and oxygen atoms in total. The average Bonchev–Trinajstić information content (AvgIpc) is 2.52. The molecule has 1 aromatic carbocycles. The largest absolute Gasteiger partial charge is 0.347 e. The monoisotopic (exact) mass is 175 g/mol. The van der Waals surface area contributed by atoms with Gasteiger partial charge >= 0.3 is 5.69 Å². The van der Waals surface area contributed by atoms with Crippen LogP contribution in [-0.4, -0.2) is 14.8 Å². The molecule has 66 valence electrons. The number of H-pyrrole nitrogens is 1. The number of aromatic amines is 1. The van der Waals surface area contributed by atoms with Gasteiger partial charge in [0.1, 0.15) is 6.33 Å². The van der Waals surface area contributed by atoms with Crippen LogP contribution in [0.1, 0.15) is 5.56 Å². The second kappa shape index (κ2) is 2.90. The molecule has 0 aliphatic rings. The van der Waals surface area contributed by atoms with Gasteiger partial charge in [-0.15, -0.1) is 0 Å². The standard InChI is InChI=1S/C9H9N3O/c1-7-4-2-3-5-8(7)12-9(13)10-6-11-12/h2-6H,1H3,(H,10,11,13). The van der Waals surface area contributed by atoms with Crippen molar-refractivity contribution in [2.75, 3.05) is 0 Å². The Labute approximate surface area is 74.8 Å². The molecule has 0 saturated heterocycles. The number of rotatable bonds is 1. The molecule has 0 aliphatic heterocycles. The molecule has 0 amide bonds. The van der Waals surface area contributed by atoms with Crippen LogP contribution in [0, 0.1) is 6.92 Å². The zero-order valence-electron chi connectivity index (χ0n) is 7.19. The highest BCUT2D eigenvalue weighted by atomic mass is 16.1. The second-order valence-corrected chi connectivity index (χ2v) is 2.79. The van der Waals surface area contributed by atoms with Crippen molar-refractivity contribution in [3.05, 3.63) is 46.6 Å². The number of hydrogen-bond acceptors (Lipinski definition) is 2. The maximum absolute atomic E-state index is 11.2. The summed E-state index contributed by atoms with van der Waals surface area (Å²) in [5.41, 5.74) is 1.62. The number of para-hydroxylation sites is 1. The summed E-state index contributed by atoms with van der Waals surface area (Å²) in [5, 5.41) is 3.90. The van der Waals surface area contributed by atoms with E-state index in [0.29, 0.717) is 0 Å². The smallest absolute Gasteiger partial charge is 0.295 e. The lowest BCUT2D eigenvalue weighted by molar-refractivity contribution is 0.836. The first-order chi connectivity index (χ1) is 6.29. The second-order valence-electron chi connectivity index (χ2n) is 2.79. The van der Waals surface area contributed by atoms with Crippen LogP contribution in [0.2, 0.25) is 0 Å². The Kier molecular flexibility index (Phi) is 1.73. The Hall–Kier alpha value is -1.84. The summed E-state index contributed by atoms with van der Waals surface area (Å²) >= 11 is 0. The Morgan fingerprint density at radius 3 is 2.77 bits per heavy atom. The van der Waals surface area contributed by atoms with E-state index in [4.69, 9.17) is 0 Å². The van der Waals surface area contributed by atoms with Crippen LogP contribution in [0.15, 0.2) is 35.4 Å². The van der Waals surface area contributed by atoms with E-state index >= 15 is 0 Å². The van der Waals surface area contributed by atoms with Crippen molar-refractivity contribution in [2.45, 2.75) is 6.92 Å². The minimum absolute atomic E-state index is 0.214. The third kappa shape index (κ3) is 1.26. The molecule has 0 fully saturated rings. The molecule has 0 saturated carbocycles. The summed E-state index contributed by atoms with van der Waals surface area (Å²) in [7, 11) is 0. The summed E-state index contributed by atoms with van der Waals surface area (Å²) in [6.45, 7) is 1.94. The number of aryl methyl sites for hydroxylation is 1. The maximum atomic E-state index is 11.2. The van der Waals surface area contributed by atoms with Crippen molar-refractivity contribution in [1.82, 2.24) is 14.8 Å². The van der Waals surface area contributed by atoms with E-state index in [9.17, 15) is 4.79 Å². The third-order valence-electron chi connectivity index (χ3n) is 1.90. The van der Waals surface area contributed by atoms with E-state index in [1.54, 1.807) is 0 Å². The molecule has 1 aromatic heterocycles. The highest BCUT2D eigenvalue weighted by molar-refractivity contribution is 5.38. The minimum Gasteiger partial charge on any atom is -0.295 e. The van der Waals surface area contributed by atoms with Gasteiger partial charge in [0.15, 0.2) is 0 Å². The Morgan fingerprint density at radius 1 is 1.38 bits per heavy atom. The fourth-order valence-corrected chi connectivity index (χ4v) is 1.23. The summed E-state index contributed by atoms with van der Waals surface area (Å²) < 4.78 is 1.34. The van der Waals surface area contributed by atoms with Gasteiger partial charge in [-0.2, -0.15) is 9.78 Å². The van der Waals surface area contributed by atoms with Crippen molar-refractivity contribution in [1.29, 1.82) is 0 Å². The first-order valence-corrected chi connectivity index (χ1v) is 3.98. The van der Waals surface area contributed by atoms with E-state index in [1.807, 2.05) is 31.2 Å². The predicted octanol–water partition coefficient (Wildman–Crippen LogP) is 0.869. The first-order valence-electron chi connectivity index (χ1n) is 3.98. The number of nitrogens with one attached hydrogen (secondary N) is 1. The topological polar surface area (TPSA) is 50.7 Å². The normalized spacial score (nSPS) is 10.2. The Bertz CT molecular complexity index is 469. The number of hydrogen-bond donors (Lipinski definition) is 1. The molecule has 2 aromatic rings. The molecule has 13 heavy (non-hydrogen) atoms. The van der Waals surface area contributed by atoms with Crippen molar-refractivity contribution in [2.24, 2.45) is 0 Å². The zero-order chi connectivity index (χ0) is 9.26. The summed E-state index contributed by atoms with van der Waals surface area (Å²) in [5.74, 6) is 0. The molecule has 2 rings (SSSR count). The summed E-state index contributed by atoms with van der Waals surface area (Å²) in [6, 6.07) is 7.61. The molecule has 0 radical (unpaired) electrons. The molecular formula is C9H9N3O. The van der Waals surface area contributed by atoms with Gasteiger partial charge in [0.25, 0.3) is 0 Å². The van der Waals surface area contributed by atoms with Crippen LogP contribution in [-0.2, 0) is 0 Å². The van der Waals surface area contributed by atoms with Crippen LogP contribution in [0.4, 0.5) is 0 Å². The first kappa shape index (κ1) is 7.79. The Morgan fingerprint density at radius 2 is 2.15 bits per heavy atom. The molecule has 0 bridgehead atoms. The molecular weight excluding hydrogens is 166 g/mol. The van der Waals surface area contributed by atoms with Gasteiger partial charge in [0.05, 0.1) is 5.69 Å². The molecule has 0 atom stereocenters. The molecule has 1 heterocycles. The lowest BCUT2D eigenvalue weighted by atomic mass is 10.2. The van der Waals surface area contributed by atoms with Crippen molar-refractivity contribution in [3.63, 3.8) is 0 Å². The maximum Gasteiger partial charge on any atom is 0.347 e. The van der Waals surface area contributed by atoms with Crippen molar-refractivity contribution >= 4 is 0 Å². The van der Waals surface area contributed by atoms with Crippen LogP contribution >= 0.6 is 0 Å². The SMILES string of the molecule is Cc1ccccc1-n1nc[nH]c1=O. The van der Waals surface area contributed by atoms with Crippen LogP contribution in [0.5, 0.6) is 0 Å². The van der Waals surface area contributed by atoms with Gasteiger partial charge in [-0.25, -0.2) is 4.79 Å². The van der Waals surface area contributed by atoms with Gasteiger partial charge in [-0.1, -0.05) is 18.2 Å². The lowest BCUT2D eigenvalue weighted by Gasteiger charge is -2.01. The van der Waals surface area contributed by atoms with Crippen molar-refractivity contribution in [3.8, 4) is 5.69 Å². The molecule has 0 aliphatic carbocycles. The van der Waals surface area contributed by atoms with Gasteiger partial charge in [0, 0.05) is 0 Å². The van der Waals surface area contributed by atoms with Gasteiger partial charge < -0.3 is 0 Å². The average molecular weight is 175 g/mol. The predicted molar refractivity (Wildman–Crippen MR) is 48.9 cm³/mol. The Balaban J connectivity index is 2.66. The molecule has 4 heteroatoms. The van der Waals surface area contributed by atoms with Crippen LogP contribution in [0.3, 0.4) is 0 Å². The fourth-order valence-electron chi connectivity index (χ4n) is 1.23. The van der Waals surface area contributed by atoms with E-state index in [1.165, 1.54) is 11.0 Å². The van der Waals surface area contributed by atoms with E-state index in [2.05, 4.69) is 10.1 Å². The summed E-state index contributed by atoms with van der Waals surface area (Å²) in [4.78, 5) is 13.7. The van der Waals surface area contributed by atoms with Crippen LogP contribution in [0.25, 0.3) is 5.69 Å². The summed E-state index contributed by atoms with van der Waals surface area (Å²) in [6.07, 6.45) is 1.38. The fraction of sp³-hybridized carbons (Fsp3) is 0.111. The zero-order valence-corrected chi connectivity index (χ0v) is 7.19. The number of nitrogens with zero attached hydrogens (tertiary/aromatic N) is 2. The number of benzene rings is 1. The molecule has 0 spiro atoms. The van der Waals surface area contributed by atoms with E-state index < -0.39 is 0 Å². The minimum atomic E-state index is -0.214. The van der Waals surface area contributed by atoms with Crippen LogP contribution < -0.4 is 5.69 Å².